The number of carbonyl (C=O) groups excluding carboxylic acids is 2. The Balaban J connectivity index is 1.70. The average molecular weight is 485 g/mol. The van der Waals surface area contributed by atoms with Gasteiger partial charge in [-0.25, -0.2) is 9.78 Å². The number of nitrogens with one attached hydrogen (secondary N) is 1. The van der Waals surface area contributed by atoms with Crippen LogP contribution in [-0.4, -0.2) is 61.4 Å². The van der Waals surface area contributed by atoms with Crippen LogP contribution >= 0.6 is 0 Å². The highest BCUT2D eigenvalue weighted by atomic mass is 16.5. The summed E-state index contributed by atoms with van der Waals surface area (Å²) in [6.45, 7) is 8.75. The predicted octanol–water partition coefficient (Wildman–Crippen LogP) is 3.42. The van der Waals surface area contributed by atoms with E-state index in [-0.39, 0.29) is 18.6 Å². The molecule has 1 atom stereocenters. The van der Waals surface area contributed by atoms with Crippen molar-refractivity contribution in [3.8, 4) is 0 Å². The van der Waals surface area contributed by atoms with Crippen LogP contribution in [0.25, 0.3) is 0 Å². The van der Waals surface area contributed by atoms with E-state index in [0.29, 0.717) is 55.9 Å². The zero-order chi connectivity index (χ0) is 25.4. The molecule has 10 nitrogen and oxygen atoms in total. The number of nitrogens with zero attached hydrogens (tertiary/aromatic N) is 4. The largest absolute Gasteiger partial charge is 0.450 e. The van der Waals surface area contributed by atoms with Gasteiger partial charge in [0.15, 0.2) is 0 Å². The van der Waals surface area contributed by atoms with Crippen molar-refractivity contribution < 1.29 is 19.1 Å². The molecule has 0 bridgehead atoms. The molecule has 1 aromatic heterocycles. The highest BCUT2D eigenvalue weighted by molar-refractivity contribution is 6.09. The number of hydrogen-bond acceptors (Lipinski definition) is 8. The van der Waals surface area contributed by atoms with Gasteiger partial charge in [-0.15, -0.1) is 0 Å². The Hall–Kier alpha value is -3.40. The topological polar surface area (TPSA) is 123 Å². The summed E-state index contributed by atoms with van der Waals surface area (Å²) in [5.74, 6) is 1.32. The lowest BCUT2D eigenvalue weighted by Crippen LogP contribution is -2.33. The second-order valence-electron chi connectivity index (χ2n) is 8.91. The number of primary amides is 1. The number of aromatic nitrogens is 2. The van der Waals surface area contributed by atoms with Gasteiger partial charge in [-0.1, -0.05) is 26.0 Å². The monoisotopic (exact) mass is 484 g/mol. The summed E-state index contributed by atoms with van der Waals surface area (Å²) >= 11 is 0. The summed E-state index contributed by atoms with van der Waals surface area (Å²) in [7, 11) is 1.93. The number of ether oxygens (including phenoxy) is 2. The first-order valence-electron chi connectivity index (χ1n) is 12.1. The second kappa shape index (κ2) is 12.3. The van der Waals surface area contributed by atoms with E-state index in [9.17, 15) is 9.59 Å². The fourth-order valence-electron chi connectivity index (χ4n) is 3.99. The van der Waals surface area contributed by atoms with Crippen LogP contribution in [0.5, 0.6) is 0 Å². The number of anilines is 3. The highest BCUT2D eigenvalue weighted by Gasteiger charge is 2.28. The van der Waals surface area contributed by atoms with Crippen molar-refractivity contribution in [2.24, 2.45) is 11.7 Å². The van der Waals surface area contributed by atoms with Crippen LogP contribution in [0.15, 0.2) is 30.5 Å². The third-order valence-electron chi connectivity index (χ3n) is 5.91. The van der Waals surface area contributed by atoms with Crippen LogP contribution < -0.4 is 20.9 Å². The number of fused-ring (bicyclic) bond motifs is 1. The maximum Gasteiger partial charge on any atom is 0.404 e. The quantitative estimate of drug-likeness (QED) is 0.465. The van der Waals surface area contributed by atoms with Gasteiger partial charge in [-0.3, -0.25) is 4.79 Å². The average Bonchev–Trinajstić information content (AvgIpc) is 2.95. The maximum atomic E-state index is 13.4. The van der Waals surface area contributed by atoms with E-state index in [2.05, 4.69) is 29.1 Å². The first kappa shape index (κ1) is 26.2. The molecule has 2 amide bonds. The molecule has 0 spiro atoms. The van der Waals surface area contributed by atoms with Crippen LogP contribution in [0.2, 0.25) is 0 Å². The lowest BCUT2D eigenvalue weighted by atomic mass is 10.0. The number of nitrogens with two attached hydrogens (primary N) is 1. The molecule has 0 radical (unpaired) electrons. The van der Waals surface area contributed by atoms with Crippen LogP contribution in [0.1, 0.15) is 49.5 Å². The number of rotatable bonds is 11. The van der Waals surface area contributed by atoms with Crippen molar-refractivity contribution in [1.82, 2.24) is 9.97 Å². The molecule has 0 fully saturated rings. The molecule has 1 aliphatic heterocycles. The summed E-state index contributed by atoms with van der Waals surface area (Å²) in [5.41, 5.74) is 7.28. The molecular formula is C25H36N6O4. The first-order valence-corrected chi connectivity index (χ1v) is 12.1. The molecule has 2 aromatic rings. The highest BCUT2D eigenvalue weighted by Crippen LogP contribution is 2.27. The number of benzene rings is 1. The summed E-state index contributed by atoms with van der Waals surface area (Å²) in [5, 5.41) is 3.10. The smallest absolute Gasteiger partial charge is 0.404 e. The number of likely N-dealkylation sites (N-methyl/N-ethyl adjacent to an activating group) is 1. The van der Waals surface area contributed by atoms with E-state index < -0.39 is 6.09 Å². The molecule has 35 heavy (non-hydrogen) atoms. The van der Waals surface area contributed by atoms with Crippen LogP contribution in [-0.2, 0) is 16.1 Å². The zero-order valence-corrected chi connectivity index (χ0v) is 21.0. The molecule has 10 heteroatoms. The van der Waals surface area contributed by atoms with Gasteiger partial charge >= 0.3 is 6.09 Å². The van der Waals surface area contributed by atoms with Crippen molar-refractivity contribution in [1.29, 1.82) is 0 Å². The molecule has 3 N–H and O–H groups in total. The minimum atomic E-state index is -0.759. The molecule has 1 unspecified atom stereocenters. The van der Waals surface area contributed by atoms with E-state index >= 15 is 0 Å². The lowest BCUT2D eigenvalue weighted by Gasteiger charge is -2.23. The van der Waals surface area contributed by atoms with Crippen molar-refractivity contribution in [2.75, 3.05) is 48.4 Å². The minimum absolute atomic E-state index is 0.0125. The molecule has 1 aliphatic rings. The van der Waals surface area contributed by atoms with E-state index in [1.807, 2.05) is 43.1 Å². The number of amides is 2. The van der Waals surface area contributed by atoms with Crippen LogP contribution in [0.4, 0.5) is 22.2 Å². The van der Waals surface area contributed by atoms with E-state index in [0.717, 1.165) is 17.7 Å². The van der Waals surface area contributed by atoms with Gasteiger partial charge in [-0.2, -0.15) is 4.98 Å². The molecule has 2 heterocycles. The van der Waals surface area contributed by atoms with Gasteiger partial charge in [0.2, 0.25) is 5.95 Å². The maximum absolute atomic E-state index is 13.4. The first-order chi connectivity index (χ1) is 16.8. The summed E-state index contributed by atoms with van der Waals surface area (Å²) in [6.07, 6.45) is 2.29. The number of carbonyl (C=O) groups is 2. The second-order valence-corrected chi connectivity index (χ2v) is 8.91. The molecule has 0 aliphatic carbocycles. The van der Waals surface area contributed by atoms with Gasteiger partial charge in [0, 0.05) is 38.6 Å². The van der Waals surface area contributed by atoms with Crippen molar-refractivity contribution in [2.45, 2.75) is 46.3 Å². The van der Waals surface area contributed by atoms with Crippen molar-refractivity contribution >= 4 is 29.5 Å². The normalized spacial score (nSPS) is 14.5. The predicted molar refractivity (Wildman–Crippen MR) is 136 cm³/mol. The Morgan fingerprint density at radius 3 is 2.80 bits per heavy atom. The summed E-state index contributed by atoms with van der Waals surface area (Å²) < 4.78 is 11.0. The Labute approximate surface area is 206 Å². The molecule has 1 aromatic carbocycles. The fourth-order valence-corrected chi connectivity index (χ4v) is 3.99. The van der Waals surface area contributed by atoms with Gasteiger partial charge in [0.25, 0.3) is 5.91 Å². The van der Waals surface area contributed by atoms with Gasteiger partial charge in [-0.05, 0) is 43.4 Å². The van der Waals surface area contributed by atoms with Crippen LogP contribution in [0.3, 0.4) is 0 Å². The van der Waals surface area contributed by atoms with E-state index in [1.165, 1.54) is 0 Å². The third-order valence-corrected chi connectivity index (χ3v) is 5.91. The summed E-state index contributed by atoms with van der Waals surface area (Å²) in [6, 6.07) is 7.85. The minimum Gasteiger partial charge on any atom is -0.450 e. The van der Waals surface area contributed by atoms with Gasteiger partial charge < -0.3 is 30.3 Å². The van der Waals surface area contributed by atoms with Crippen molar-refractivity contribution in [3.63, 3.8) is 0 Å². The molecule has 3 rings (SSSR count). The Bertz CT molecular complexity index is 1020. The molecule has 190 valence electrons. The zero-order valence-electron chi connectivity index (χ0n) is 21.0. The van der Waals surface area contributed by atoms with E-state index in [4.69, 9.17) is 15.2 Å². The van der Waals surface area contributed by atoms with Gasteiger partial charge in [0.05, 0.1) is 19.3 Å². The fraction of sp³-hybridized carbons (Fsp3) is 0.520. The Morgan fingerprint density at radius 2 is 2.09 bits per heavy atom. The SMILES string of the molecule is CCNc1ncc2c(n1)N(C)CCN(c1cccc(COC(CCCOC(N)=O)C(C)C)c1)C2=O. The summed E-state index contributed by atoms with van der Waals surface area (Å²) in [4.78, 5) is 36.8. The van der Waals surface area contributed by atoms with E-state index in [1.54, 1.807) is 11.1 Å². The van der Waals surface area contributed by atoms with Crippen molar-refractivity contribution in [3.05, 3.63) is 41.6 Å². The van der Waals surface area contributed by atoms with Crippen LogP contribution in [0, 0.1) is 5.92 Å². The molecular weight excluding hydrogens is 448 g/mol. The lowest BCUT2D eigenvalue weighted by molar-refractivity contribution is 0.00118. The Morgan fingerprint density at radius 1 is 1.29 bits per heavy atom. The van der Waals surface area contributed by atoms with Gasteiger partial charge in [0.1, 0.15) is 11.4 Å². The molecule has 0 saturated carbocycles. The third kappa shape index (κ3) is 7.05. The molecule has 0 saturated heterocycles. The standard InChI is InChI=1S/C25H36N6O4/c1-5-27-25-28-15-20-22(29-25)30(4)11-12-31(23(20)32)19-9-6-8-18(14-19)16-35-21(17(2)3)10-7-13-34-24(26)33/h6,8-9,14-15,17,21H,5,7,10-13,16H2,1-4H3,(H2,26,33)(H,27,28,29). The number of hydrogen-bond donors (Lipinski definition) is 2. The Kier molecular flexibility index (Phi) is 9.25.